The van der Waals surface area contributed by atoms with Crippen molar-refractivity contribution in [2.75, 3.05) is 0 Å². The molecule has 1 aromatic heterocycles. The van der Waals surface area contributed by atoms with E-state index in [1.54, 1.807) is 6.20 Å². The van der Waals surface area contributed by atoms with Crippen molar-refractivity contribution in [3.63, 3.8) is 0 Å². The third-order valence-electron chi connectivity index (χ3n) is 2.43. The zero-order valence-corrected chi connectivity index (χ0v) is 11.3. The van der Waals surface area contributed by atoms with Crippen LogP contribution in [-0.2, 0) is 6.42 Å². The van der Waals surface area contributed by atoms with Gasteiger partial charge in [0.2, 0.25) is 0 Å². The first kappa shape index (κ1) is 12.6. The van der Waals surface area contributed by atoms with Gasteiger partial charge in [-0.25, -0.2) is 0 Å². The van der Waals surface area contributed by atoms with Crippen molar-refractivity contribution in [2.24, 2.45) is 0 Å². The van der Waals surface area contributed by atoms with Crippen LogP contribution in [0.4, 0.5) is 0 Å². The third kappa shape index (κ3) is 3.53. The minimum absolute atomic E-state index is 0.534. The molecular formula is C13H11BrClNO. The molecule has 1 unspecified atom stereocenters. The normalized spacial score (nSPS) is 12.4. The molecule has 0 saturated heterocycles. The molecule has 0 saturated carbocycles. The highest BCUT2D eigenvalue weighted by atomic mass is 79.9. The average molecular weight is 313 g/mol. The largest absolute Gasteiger partial charge is 0.386 e. The molecule has 2 rings (SSSR count). The van der Waals surface area contributed by atoms with Gasteiger partial charge in [-0.3, -0.25) is 4.98 Å². The molecule has 1 atom stereocenters. The number of aromatic nitrogens is 1. The fourth-order valence-electron chi connectivity index (χ4n) is 1.53. The third-order valence-corrected chi connectivity index (χ3v) is 3.16. The van der Waals surface area contributed by atoms with Gasteiger partial charge in [-0.15, -0.1) is 0 Å². The Hall–Kier alpha value is -0.900. The molecule has 0 amide bonds. The van der Waals surface area contributed by atoms with Crippen molar-refractivity contribution in [3.05, 3.63) is 63.3 Å². The number of pyridine rings is 1. The number of aliphatic hydroxyl groups is 1. The molecule has 88 valence electrons. The summed E-state index contributed by atoms with van der Waals surface area (Å²) in [6.07, 6.45) is 1.62. The van der Waals surface area contributed by atoms with Crippen molar-refractivity contribution >= 4 is 27.5 Å². The first-order valence-corrected chi connectivity index (χ1v) is 6.36. The Balaban J connectivity index is 2.08. The van der Waals surface area contributed by atoms with Crippen LogP contribution in [0.5, 0.6) is 0 Å². The summed E-state index contributed by atoms with van der Waals surface area (Å²) in [6.45, 7) is 0. The van der Waals surface area contributed by atoms with E-state index >= 15 is 0 Å². The summed E-state index contributed by atoms with van der Waals surface area (Å²) in [7, 11) is 0. The van der Waals surface area contributed by atoms with Gasteiger partial charge in [-0.1, -0.05) is 23.7 Å². The van der Waals surface area contributed by atoms with Crippen LogP contribution in [0.1, 0.15) is 17.4 Å². The first-order chi connectivity index (χ1) is 8.15. The van der Waals surface area contributed by atoms with Crippen LogP contribution in [0.25, 0.3) is 0 Å². The number of benzene rings is 1. The SMILES string of the molecule is OC(Cc1ccc(Cl)cc1)c1ccc(Br)cn1. The Morgan fingerprint density at radius 2 is 1.88 bits per heavy atom. The van der Waals surface area contributed by atoms with Crippen LogP contribution < -0.4 is 0 Å². The highest BCUT2D eigenvalue weighted by Gasteiger charge is 2.09. The van der Waals surface area contributed by atoms with Crippen LogP contribution in [0.15, 0.2) is 47.1 Å². The molecule has 0 aliphatic heterocycles. The predicted octanol–water partition coefficient (Wildman–Crippen LogP) is 3.77. The Bertz CT molecular complexity index is 484. The summed E-state index contributed by atoms with van der Waals surface area (Å²) >= 11 is 9.11. The van der Waals surface area contributed by atoms with Crippen LogP contribution in [0.3, 0.4) is 0 Å². The molecule has 2 aromatic rings. The van der Waals surface area contributed by atoms with Gasteiger partial charge in [0.25, 0.3) is 0 Å². The van der Waals surface area contributed by atoms with E-state index < -0.39 is 6.10 Å². The van der Waals surface area contributed by atoms with Crippen molar-refractivity contribution in [1.29, 1.82) is 0 Å². The maximum Gasteiger partial charge on any atom is 0.0999 e. The summed E-state index contributed by atoms with van der Waals surface area (Å²) in [5, 5.41) is 10.7. The van der Waals surface area contributed by atoms with Crippen molar-refractivity contribution in [1.82, 2.24) is 4.98 Å². The van der Waals surface area contributed by atoms with E-state index in [2.05, 4.69) is 20.9 Å². The number of hydrogen-bond donors (Lipinski definition) is 1. The van der Waals surface area contributed by atoms with Gasteiger partial charge in [-0.2, -0.15) is 0 Å². The second-order valence-corrected chi connectivity index (χ2v) is 5.10. The molecule has 2 nitrogen and oxygen atoms in total. The molecule has 0 spiro atoms. The van der Waals surface area contributed by atoms with E-state index in [0.717, 1.165) is 10.0 Å². The highest BCUT2D eigenvalue weighted by molar-refractivity contribution is 9.10. The topological polar surface area (TPSA) is 33.1 Å². The van der Waals surface area contributed by atoms with E-state index in [1.165, 1.54) is 0 Å². The number of halogens is 2. The van der Waals surface area contributed by atoms with E-state index in [4.69, 9.17) is 11.6 Å². The summed E-state index contributed by atoms with van der Waals surface area (Å²) in [5.41, 5.74) is 1.70. The maximum atomic E-state index is 10.0. The summed E-state index contributed by atoms with van der Waals surface area (Å²) < 4.78 is 0.903. The smallest absolute Gasteiger partial charge is 0.0999 e. The second-order valence-electron chi connectivity index (χ2n) is 3.75. The monoisotopic (exact) mass is 311 g/mol. The van der Waals surface area contributed by atoms with E-state index in [9.17, 15) is 5.11 Å². The molecule has 1 heterocycles. The molecule has 17 heavy (non-hydrogen) atoms. The number of nitrogens with zero attached hydrogens (tertiary/aromatic N) is 1. The Morgan fingerprint density at radius 3 is 2.47 bits per heavy atom. The van der Waals surface area contributed by atoms with Gasteiger partial charge in [-0.05, 0) is 45.8 Å². The molecule has 1 aromatic carbocycles. The van der Waals surface area contributed by atoms with Gasteiger partial charge in [0.1, 0.15) is 0 Å². The quantitative estimate of drug-likeness (QED) is 0.936. The van der Waals surface area contributed by atoms with Gasteiger partial charge in [0.05, 0.1) is 11.8 Å². The zero-order valence-electron chi connectivity index (χ0n) is 8.98. The highest BCUT2D eigenvalue weighted by Crippen LogP contribution is 2.19. The Morgan fingerprint density at radius 1 is 1.18 bits per heavy atom. The number of aliphatic hydroxyl groups excluding tert-OH is 1. The van der Waals surface area contributed by atoms with Crippen molar-refractivity contribution in [3.8, 4) is 0 Å². The van der Waals surface area contributed by atoms with Crippen LogP contribution in [0.2, 0.25) is 5.02 Å². The van der Waals surface area contributed by atoms with Gasteiger partial charge in [0.15, 0.2) is 0 Å². The molecule has 1 N–H and O–H groups in total. The maximum absolute atomic E-state index is 10.0. The Kier molecular flexibility index (Phi) is 4.15. The zero-order chi connectivity index (χ0) is 12.3. The van der Waals surface area contributed by atoms with Crippen molar-refractivity contribution in [2.45, 2.75) is 12.5 Å². The molecule has 0 aliphatic rings. The molecule has 0 bridgehead atoms. The summed E-state index contributed by atoms with van der Waals surface area (Å²) in [5.74, 6) is 0. The van der Waals surface area contributed by atoms with Crippen molar-refractivity contribution < 1.29 is 5.11 Å². The lowest BCUT2D eigenvalue weighted by Crippen LogP contribution is -2.03. The lowest BCUT2D eigenvalue weighted by atomic mass is 10.1. The fraction of sp³-hybridized carbons (Fsp3) is 0.154. The van der Waals surface area contributed by atoms with Gasteiger partial charge >= 0.3 is 0 Å². The molecule has 0 aliphatic carbocycles. The van der Waals surface area contributed by atoms with E-state index in [-0.39, 0.29) is 0 Å². The molecular weight excluding hydrogens is 302 g/mol. The molecule has 4 heteroatoms. The number of hydrogen-bond acceptors (Lipinski definition) is 2. The standard InChI is InChI=1S/C13H11BrClNO/c14-10-3-6-12(16-8-10)13(17)7-9-1-4-11(15)5-2-9/h1-6,8,13,17H,7H2. The van der Waals surface area contributed by atoms with Crippen LogP contribution >= 0.6 is 27.5 Å². The lowest BCUT2D eigenvalue weighted by molar-refractivity contribution is 0.173. The molecule has 0 fully saturated rings. The van der Waals surface area contributed by atoms with Crippen LogP contribution in [-0.4, -0.2) is 10.1 Å². The first-order valence-electron chi connectivity index (χ1n) is 5.19. The minimum atomic E-state index is -0.593. The van der Waals surface area contributed by atoms with Gasteiger partial charge < -0.3 is 5.11 Å². The lowest BCUT2D eigenvalue weighted by Gasteiger charge is -2.10. The second kappa shape index (κ2) is 5.63. The Labute approximate surface area is 113 Å². The summed E-state index contributed by atoms with van der Waals surface area (Å²) in [4.78, 5) is 4.17. The van der Waals surface area contributed by atoms with E-state index in [1.807, 2.05) is 36.4 Å². The van der Waals surface area contributed by atoms with Gasteiger partial charge in [0, 0.05) is 22.1 Å². The fourth-order valence-corrected chi connectivity index (χ4v) is 1.89. The average Bonchev–Trinajstić information content (AvgIpc) is 2.33. The minimum Gasteiger partial charge on any atom is -0.386 e. The summed E-state index contributed by atoms with van der Waals surface area (Å²) in [6, 6.07) is 11.1. The van der Waals surface area contributed by atoms with E-state index in [0.29, 0.717) is 17.1 Å². The predicted molar refractivity (Wildman–Crippen MR) is 72.1 cm³/mol. The number of rotatable bonds is 3. The molecule has 0 radical (unpaired) electrons. The van der Waals surface area contributed by atoms with Crippen LogP contribution in [0, 0.1) is 0 Å².